The molecule has 8 heteroatoms. The van der Waals surface area contributed by atoms with Crippen molar-refractivity contribution in [2.24, 2.45) is 52.3 Å². The van der Waals surface area contributed by atoms with Gasteiger partial charge < -0.3 is 20.8 Å². The van der Waals surface area contributed by atoms with E-state index < -0.39 is 24.0 Å². The number of rotatable bonds is 10. The molecular weight excluding hydrogens is 524 g/mol. The molecule has 0 aromatic rings. The van der Waals surface area contributed by atoms with Gasteiger partial charge in [0.25, 0.3) is 0 Å². The van der Waals surface area contributed by atoms with Gasteiger partial charge in [-0.05, 0) is 116 Å². The molecule has 0 aromatic carbocycles. The minimum atomic E-state index is -1.14. The highest BCUT2D eigenvalue weighted by Gasteiger charge is 2.60. The SMILES string of the molecule is CC(C)[C@H](NC(=O)CC[C@@H](C)[C@H]1CC[C@H]2[C@@H]3CC[C@@H]4C[C@H](O)CC[C@]4(C)[C@H]3CC[C@]12C)C(=O)N[C@@H](CS)C(=O)O. The van der Waals surface area contributed by atoms with Crippen LogP contribution in [0.5, 0.6) is 0 Å². The number of carbonyl (C=O) groups is 3. The van der Waals surface area contributed by atoms with Gasteiger partial charge in [-0.1, -0.05) is 34.6 Å². The lowest BCUT2D eigenvalue weighted by atomic mass is 9.44. The van der Waals surface area contributed by atoms with Gasteiger partial charge >= 0.3 is 5.97 Å². The molecule has 4 saturated carbocycles. The van der Waals surface area contributed by atoms with Gasteiger partial charge in [-0.3, -0.25) is 9.59 Å². The van der Waals surface area contributed by atoms with Crippen molar-refractivity contribution in [2.75, 3.05) is 5.75 Å². The lowest BCUT2D eigenvalue weighted by Crippen LogP contribution is -2.54. The maximum Gasteiger partial charge on any atom is 0.327 e. The summed E-state index contributed by atoms with van der Waals surface area (Å²) in [5.41, 5.74) is 0.718. The van der Waals surface area contributed by atoms with Gasteiger partial charge in [-0.2, -0.15) is 12.6 Å². The number of amides is 2. The molecule has 0 radical (unpaired) electrons. The molecule has 4 N–H and O–H groups in total. The fraction of sp³-hybridized carbons (Fsp3) is 0.906. The topological polar surface area (TPSA) is 116 Å². The minimum Gasteiger partial charge on any atom is -0.480 e. The molecule has 4 fully saturated rings. The van der Waals surface area contributed by atoms with Gasteiger partial charge in [0.05, 0.1) is 6.10 Å². The first-order valence-electron chi connectivity index (χ1n) is 15.9. The van der Waals surface area contributed by atoms with Crippen molar-refractivity contribution in [1.29, 1.82) is 0 Å². The van der Waals surface area contributed by atoms with E-state index >= 15 is 0 Å². The molecule has 7 nitrogen and oxygen atoms in total. The first-order valence-corrected chi connectivity index (χ1v) is 16.6. The molecule has 0 aromatic heterocycles. The number of carboxylic acids is 1. The molecular formula is C32H54N2O5S. The fourth-order valence-corrected chi connectivity index (χ4v) is 10.2. The number of aliphatic carboxylic acids is 1. The van der Waals surface area contributed by atoms with Gasteiger partial charge in [-0.25, -0.2) is 4.79 Å². The van der Waals surface area contributed by atoms with E-state index in [1.165, 1.54) is 44.9 Å². The molecule has 4 rings (SSSR count). The van der Waals surface area contributed by atoms with Crippen LogP contribution < -0.4 is 10.6 Å². The van der Waals surface area contributed by atoms with Crippen molar-refractivity contribution in [3.63, 3.8) is 0 Å². The molecule has 0 aliphatic heterocycles. The molecule has 2 amide bonds. The molecule has 0 unspecified atom stereocenters. The summed E-state index contributed by atoms with van der Waals surface area (Å²) >= 11 is 4.02. The highest BCUT2D eigenvalue weighted by atomic mass is 32.1. The molecule has 4 aliphatic carbocycles. The van der Waals surface area contributed by atoms with Crippen LogP contribution in [0.2, 0.25) is 0 Å². The molecule has 0 saturated heterocycles. The quantitative estimate of drug-likeness (QED) is 0.232. The predicted octanol–water partition coefficient (Wildman–Crippen LogP) is 5.06. The highest BCUT2D eigenvalue weighted by molar-refractivity contribution is 7.80. The van der Waals surface area contributed by atoms with Crippen LogP contribution in [0.4, 0.5) is 0 Å². The first-order chi connectivity index (χ1) is 18.8. The number of thiol groups is 1. The lowest BCUT2D eigenvalue weighted by molar-refractivity contribution is -0.141. The monoisotopic (exact) mass is 578 g/mol. The zero-order valence-electron chi connectivity index (χ0n) is 25.3. The maximum atomic E-state index is 13.0. The molecule has 0 spiro atoms. The Balaban J connectivity index is 1.34. The van der Waals surface area contributed by atoms with Crippen LogP contribution in [0, 0.1) is 52.3 Å². The lowest BCUT2D eigenvalue weighted by Gasteiger charge is -2.61. The molecule has 228 valence electrons. The minimum absolute atomic E-state index is 0.0109. The summed E-state index contributed by atoms with van der Waals surface area (Å²) < 4.78 is 0. The number of nitrogens with one attached hydrogen (secondary N) is 2. The summed E-state index contributed by atoms with van der Waals surface area (Å²) in [6, 6.07) is -1.85. The third kappa shape index (κ3) is 6.09. The second kappa shape index (κ2) is 12.5. The average Bonchev–Trinajstić information content (AvgIpc) is 3.26. The van der Waals surface area contributed by atoms with Gasteiger partial charge in [0, 0.05) is 12.2 Å². The van der Waals surface area contributed by atoms with E-state index in [1.807, 2.05) is 13.8 Å². The summed E-state index contributed by atoms with van der Waals surface area (Å²) in [7, 11) is 0. The smallest absolute Gasteiger partial charge is 0.327 e. The molecule has 4 aliphatic rings. The van der Waals surface area contributed by atoms with Gasteiger partial charge in [0.15, 0.2) is 0 Å². The van der Waals surface area contributed by atoms with Crippen molar-refractivity contribution < 1.29 is 24.6 Å². The standard InChI is InChI=1S/C32H54N2O5S/c1-18(2)28(29(37)33-26(17-40)30(38)39)34-27(36)11-6-19(3)23-9-10-24-22-8-7-20-16-21(35)12-14-31(20,4)25(22)13-15-32(23,24)5/h18-26,28,35,40H,6-17H2,1-5H3,(H,33,37)(H,34,36)(H,38,39)/t19-,20-,21-,22+,23-,24+,25+,26+,28+,31+,32-/m1/s1. The van der Waals surface area contributed by atoms with Crippen molar-refractivity contribution >= 4 is 30.4 Å². The highest BCUT2D eigenvalue weighted by Crippen LogP contribution is 2.68. The number of fused-ring (bicyclic) bond motifs is 5. The Morgan fingerprint density at radius 2 is 1.60 bits per heavy atom. The molecule has 40 heavy (non-hydrogen) atoms. The summed E-state index contributed by atoms with van der Waals surface area (Å²) in [5, 5.41) is 25.0. The Bertz CT molecular complexity index is 944. The number of hydrogen-bond donors (Lipinski definition) is 5. The van der Waals surface area contributed by atoms with Crippen LogP contribution in [0.1, 0.15) is 105 Å². The zero-order valence-corrected chi connectivity index (χ0v) is 26.2. The van der Waals surface area contributed by atoms with E-state index in [2.05, 4.69) is 44.0 Å². The predicted molar refractivity (Wildman–Crippen MR) is 160 cm³/mol. The third-order valence-electron chi connectivity index (χ3n) is 12.3. The maximum absolute atomic E-state index is 13.0. The zero-order chi connectivity index (χ0) is 29.4. The van der Waals surface area contributed by atoms with Crippen LogP contribution >= 0.6 is 12.6 Å². The van der Waals surface area contributed by atoms with Gasteiger partial charge in [0.1, 0.15) is 12.1 Å². The van der Waals surface area contributed by atoms with E-state index in [1.54, 1.807) is 0 Å². The Morgan fingerprint density at radius 3 is 2.25 bits per heavy atom. The van der Waals surface area contributed by atoms with E-state index in [-0.39, 0.29) is 23.7 Å². The fourth-order valence-electron chi connectivity index (χ4n) is 10.00. The molecule has 0 bridgehead atoms. The first kappa shape index (κ1) is 31.7. The largest absolute Gasteiger partial charge is 0.480 e. The Kier molecular flexibility index (Phi) is 9.91. The Labute approximate surface area is 246 Å². The summed E-state index contributed by atoms with van der Waals surface area (Å²) in [6.45, 7) is 11.1. The van der Waals surface area contributed by atoms with E-state index in [0.717, 1.165) is 37.0 Å². The van der Waals surface area contributed by atoms with Crippen molar-refractivity contribution in [2.45, 2.75) is 123 Å². The third-order valence-corrected chi connectivity index (χ3v) is 12.7. The Hall–Kier alpha value is -1.28. The second-order valence-electron chi connectivity index (χ2n) is 14.7. The number of carbonyl (C=O) groups excluding carboxylic acids is 2. The number of carboxylic acid groups (broad SMARTS) is 1. The number of aliphatic hydroxyl groups excluding tert-OH is 1. The van der Waals surface area contributed by atoms with Crippen LogP contribution in [0.25, 0.3) is 0 Å². The van der Waals surface area contributed by atoms with Crippen molar-refractivity contribution in [1.82, 2.24) is 10.6 Å². The molecule has 11 atom stereocenters. The van der Waals surface area contributed by atoms with Gasteiger partial charge in [0.2, 0.25) is 11.8 Å². The number of hydrogen-bond acceptors (Lipinski definition) is 5. The number of aliphatic hydroxyl groups is 1. The van der Waals surface area contributed by atoms with Gasteiger partial charge in [-0.15, -0.1) is 0 Å². The van der Waals surface area contributed by atoms with Crippen LogP contribution in [-0.2, 0) is 14.4 Å². The summed E-state index contributed by atoms with van der Waals surface area (Å²) in [4.78, 5) is 37.0. The van der Waals surface area contributed by atoms with Crippen LogP contribution in [-0.4, -0.2) is 51.9 Å². The average molecular weight is 579 g/mol. The van der Waals surface area contributed by atoms with E-state index in [9.17, 15) is 24.6 Å². The Morgan fingerprint density at radius 1 is 0.925 bits per heavy atom. The van der Waals surface area contributed by atoms with Crippen molar-refractivity contribution in [3.05, 3.63) is 0 Å². The second-order valence-corrected chi connectivity index (χ2v) is 15.1. The van der Waals surface area contributed by atoms with Crippen LogP contribution in [0.3, 0.4) is 0 Å². The summed E-state index contributed by atoms with van der Waals surface area (Å²) in [6.07, 6.45) is 11.9. The van der Waals surface area contributed by atoms with E-state index in [4.69, 9.17) is 0 Å². The normalized spacial score (nSPS) is 39.3. The van der Waals surface area contributed by atoms with Crippen LogP contribution in [0.15, 0.2) is 0 Å². The molecule has 0 heterocycles. The van der Waals surface area contributed by atoms with Crippen molar-refractivity contribution in [3.8, 4) is 0 Å². The summed E-state index contributed by atoms with van der Waals surface area (Å²) in [5.74, 6) is 2.15. The van der Waals surface area contributed by atoms with E-state index in [0.29, 0.717) is 35.0 Å².